The van der Waals surface area contributed by atoms with Crippen LogP contribution in [0.25, 0.3) is 0 Å². The average molecular weight is 319 g/mol. The van der Waals surface area contributed by atoms with Gasteiger partial charge in [-0.15, -0.1) is 0 Å². The van der Waals surface area contributed by atoms with Gasteiger partial charge in [0.25, 0.3) is 0 Å². The zero-order chi connectivity index (χ0) is 10.8. The summed E-state index contributed by atoms with van der Waals surface area (Å²) >= 11 is 2.29. The Morgan fingerprint density at radius 2 is 2.33 bits per heavy atom. The lowest BCUT2D eigenvalue weighted by Gasteiger charge is -2.16. The molecule has 1 aromatic rings. The number of nitrogens with zero attached hydrogens (tertiary/aromatic N) is 3. The molecule has 1 aliphatic rings. The van der Waals surface area contributed by atoms with E-state index >= 15 is 0 Å². The molecule has 1 aliphatic carbocycles. The van der Waals surface area contributed by atoms with E-state index in [-0.39, 0.29) is 0 Å². The second-order valence-electron chi connectivity index (χ2n) is 4.24. The Bertz CT molecular complexity index is 331. The lowest BCUT2D eigenvalue weighted by Crippen LogP contribution is -2.25. The Morgan fingerprint density at radius 1 is 1.60 bits per heavy atom. The second-order valence-corrected chi connectivity index (χ2v) is 5.34. The Morgan fingerprint density at radius 3 is 2.93 bits per heavy atom. The molecule has 2 rings (SSSR count). The van der Waals surface area contributed by atoms with Crippen LogP contribution in [0.1, 0.15) is 25.6 Å². The van der Waals surface area contributed by atoms with Crippen molar-refractivity contribution in [2.24, 2.45) is 0 Å². The van der Waals surface area contributed by atoms with Gasteiger partial charge >= 0.3 is 0 Å². The van der Waals surface area contributed by atoms with Crippen LogP contribution in [-0.2, 0) is 13.0 Å². The smallest absolute Gasteiger partial charge is 0.119 e. The van der Waals surface area contributed by atoms with Crippen molar-refractivity contribution in [3.8, 4) is 0 Å². The number of aryl methyl sites for hydroxylation is 1. The number of rotatable bonds is 5. The summed E-state index contributed by atoms with van der Waals surface area (Å²) in [4.78, 5) is 6.96. The topological polar surface area (TPSA) is 21.1 Å². The first-order valence-corrected chi connectivity index (χ1v) is 6.70. The molecule has 0 radical (unpaired) electrons. The van der Waals surface area contributed by atoms with Crippen LogP contribution < -0.4 is 0 Å². The molecule has 4 heteroatoms. The van der Waals surface area contributed by atoms with Gasteiger partial charge in [-0.25, -0.2) is 4.98 Å². The fourth-order valence-corrected chi connectivity index (χ4v) is 2.47. The molecule has 3 nitrogen and oxygen atoms in total. The minimum atomic E-state index is 0.859. The van der Waals surface area contributed by atoms with E-state index in [1.54, 1.807) is 0 Å². The van der Waals surface area contributed by atoms with Gasteiger partial charge in [0.1, 0.15) is 9.53 Å². The number of halogens is 1. The van der Waals surface area contributed by atoms with Crippen LogP contribution in [0.5, 0.6) is 0 Å². The van der Waals surface area contributed by atoms with E-state index in [0.29, 0.717) is 0 Å². The molecule has 1 fully saturated rings. The number of hydrogen-bond donors (Lipinski definition) is 0. The SMILES string of the molecule is CCc1nc(I)cn1CCN(C)C1CC1. The van der Waals surface area contributed by atoms with Crippen molar-refractivity contribution in [1.29, 1.82) is 0 Å². The van der Waals surface area contributed by atoms with Gasteiger partial charge in [-0.05, 0) is 42.5 Å². The standard InChI is InChI=1S/C11H18IN3/c1-3-11-13-10(12)8-15(11)7-6-14(2)9-4-5-9/h8-9H,3-7H2,1-2H3. The van der Waals surface area contributed by atoms with Gasteiger partial charge in [-0.2, -0.15) is 0 Å². The van der Waals surface area contributed by atoms with Crippen molar-refractivity contribution in [1.82, 2.24) is 14.5 Å². The van der Waals surface area contributed by atoms with Gasteiger partial charge in [0, 0.05) is 31.7 Å². The molecule has 0 unspecified atom stereocenters. The summed E-state index contributed by atoms with van der Waals surface area (Å²) in [7, 11) is 2.23. The average Bonchev–Trinajstić information content (AvgIpc) is 2.99. The molecular formula is C11H18IN3. The van der Waals surface area contributed by atoms with Gasteiger partial charge < -0.3 is 9.47 Å². The molecule has 1 heterocycles. The summed E-state index contributed by atoms with van der Waals surface area (Å²) in [6.45, 7) is 4.38. The quantitative estimate of drug-likeness (QED) is 0.776. The van der Waals surface area contributed by atoms with Crippen LogP contribution in [0, 0.1) is 3.70 Å². The first kappa shape index (κ1) is 11.4. The first-order chi connectivity index (χ1) is 7.20. The maximum absolute atomic E-state index is 4.50. The summed E-state index contributed by atoms with van der Waals surface area (Å²) in [5.74, 6) is 1.21. The first-order valence-electron chi connectivity index (χ1n) is 5.62. The van der Waals surface area contributed by atoms with Crippen molar-refractivity contribution in [3.63, 3.8) is 0 Å². The summed E-state index contributed by atoms with van der Waals surface area (Å²) < 4.78 is 3.40. The molecule has 0 N–H and O–H groups in total. The maximum atomic E-state index is 4.50. The molecule has 84 valence electrons. The zero-order valence-electron chi connectivity index (χ0n) is 9.41. The van der Waals surface area contributed by atoms with Crippen molar-refractivity contribution < 1.29 is 0 Å². The van der Waals surface area contributed by atoms with E-state index in [4.69, 9.17) is 0 Å². The van der Waals surface area contributed by atoms with Gasteiger partial charge in [0.2, 0.25) is 0 Å². The number of aromatic nitrogens is 2. The minimum Gasteiger partial charge on any atom is -0.333 e. The van der Waals surface area contributed by atoms with Gasteiger partial charge in [0.15, 0.2) is 0 Å². The molecular weight excluding hydrogens is 301 g/mol. The molecule has 0 saturated heterocycles. The van der Waals surface area contributed by atoms with Crippen molar-refractivity contribution in [2.45, 2.75) is 38.8 Å². The largest absolute Gasteiger partial charge is 0.333 e. The van der Waals surface area contributed by atoms with Crippen LogP contribution in [0.2, 0.25) is 0 Å². The predicted molar refractivity (Wildman–Crippen MR) is 70.0 cm³/mol. The van der Waals surface area contributed by atoms with Crippen LogP contribution in [0.3, 0.4) is 0 Å². The summed E-state index contributed by atoms with van der Waals surface area (Å²) in [6.07, 6.45) is 5.95. The molecule has 0 aliphatic heterocycles. The minimum absolute atomic E-state index is 0.859. The Balaban J connectivity index is 1.91. The molecule has 0 bridgehead atoms. The monoisotopic (exact) mass is 319 g/mol. The molecule has 0 atom stereocenters. The summed E-state index contributed by atoms with van der Waals surface area (Å²) in [5.41, 5.74) is 0. The normalized spacial score (nSPS) is 16.3. The van der Waals surface area contributed by atoms with E-state index in [1.165, 1.54) is 18.7 Å². The molecule has 0 spiro atoms. The Kier molecular flexibility index (Phi) is 3.66. The van der Waals surface area contributed by atoms with E-state index < -0.39 is 0 Å². The van der Waals surface area contributed by atoms with E-state index in [1.807, 2.05) is 0 Å². The Labute approximate surface area is 105 Å². The number of imidazole rings is 1. The van der Waals surface area contributed by atoms with Crippen LogP contribution in [-0.4, -0.2) is 34.1 Å². The third-order valence-corrected chi connectivity index (χ3v) is 3.53. The molecule has 1 saturated carbocycles. The van der Waals surface area contributed by atoms with Gasteiger partial charge in [0.05, 0.1) is 0 Å². The third-order valence-electron chi connectivity index (χ3n) is 3.01. The van der Waals surface area contributed by atoms with Crippen molar-refractivity contribution >= 4 is 22.6 Å². The highest BCUT2D eigenvalue weighted by Gasteiger charge is 2.25. The van der Waals surface area contributed by atoms with E-state index in [2.05, 4.69) is 57.2 Å². The highest BCUT2D eigenvalue weighted by Crippen LogP contribution is 2.25. The van der Waals surface area contributed by atoms with Crippen molar-refractivity contribution in [2.75, 3.05) is 13.6 Å². The molecule has 0 amide bonds. The van der Waals surface area contributed by atoms with Gasteiger partial charge in [-0.1, -0.05) is 6.92 Å². The summed E-state index contributed by atoms with van der Waals surface area (Å²) in [6, 6.07) is 0.859. The van der Waals surface area contributed by atoms with Crippen LogP contribution in [0.15, 0.2) is 6.20 Å². The lowest BCUT2D eigenvalue weighted by molar-refractivity contribution is 0.307. The molecule has 0 aromatic carbocycles. The van der Waals surface area contributed by atoms with Crippen molar-refractivity contribution in [3.05, 3.63) is 15.7 Å². The molecule has 1 aromatic heterocycles. The fraction of sp³-hybridized carbons (Fsp3) is 0.727. The van der Waals surface area contributed by atoms with E-state index in [0.717, 1.165) is 29.3 Å². The number of likely N-dealkylation sites (N-methyl/N-ethyl adjacent to an activating group) is 1. The lowest BCUT2D eigenvalue weighted by atomic mass is 10.4. The second kappa shape index (κ2) is 4.82. The highest BCUT2D eigenvalue weighted by molar-refractivity contribution is 14.1. The fourth-order valence-electron chi connectivity index (χ4n) is 1.86. The van der Waals surface area contributed by atoms with Crippen LogP contribution in [0.4, 0.5) is 0 Å². The number of hydrogen-bond acceptors (Lipinski definition) is 2. The Hall–Kier alpha value is -0.100. The van der Waals surface area contributed by atoms with Crippen LogP contribution >= 0.6 is 22.6 Å². The maximum Gasteiger partial charge on any atom is 0.119 e. The van der Waals surface area contributed by atoms with E-state index in [9.17, 15) is 0 Å². The summed E-state index contributed by atoms with van der Waals surface area (Å²) in [5, 5.41) is 0. The highest BCUT2D eigenvalue weighted by atomic mass is 127. The zero-order valence-corrected chi connectivity index (χ0v) is 11.6. The molecule has 15 heavy (non-hydrogen) atoms. The predicted octanol–water partition coefficient (Wildman–Crippen LogP) is 2.14. The van der Waals surface area contributed by atoms with Gasteiger partial charge in [-0.3, -0.25) is 0 Å². The third kappa shape index (κ3) is 2.93.